The van der Waals surface area contributed by atoms with E-state index in [1.807, 2.05) is 0 Å². The van der Waals surface area contributed by atoms with Crippen LogP contribution in [0.1, 0.15) is 32.6 Å². The van der Waals surface area contributed by atoms with Crippen molar-refractivity contribution in [1.29, 1.82) is 0 Å². The van der Waals surface area contributed by atoms with Crippen molar-refractivity contribution in [2.24, 2.45) is 16.6 Å². The van der Waals surface area contributed by atoms with Crippen LogP contribution in [0.15, 0.2) is 4.99 Å². The fourth-order valence-corrected chi connectivity index (χ4v) is 2.71. The molecule has 1 aliphatic heterocycles. The first-order valence-electron chi connectivity index (χ1n) is 7.48. The van der Waals surface area contributed by atoms with E-state index < -0.39 is 0 Å². The molecule has 1 saturated carbocycles. The van der Waals surface area contributed by atoms with Gasteiger partial charge in [0.1, 0.15) is 6.10 Å². The van der Waals surface area contributed by atoms with Crippen LogP contribution >= 0.6 is 0 Å². The molecule has 6 heteroatoms. The lowest BCUT2D eigenvalue weighted by molar-refractivity contribution is -0.190. The Labute approximate surface area is 121 Å². The van der Waals surface area contributed by atoms with Crippen molar-refractivity contribution in [2.45, 2.75) is 44.5 Å². The summed E-state index contributed by atoms with van der Waals surface area (Å²) < 4.78 is 16.9. The van der Waals surface area contributed by atoms with Crippen LogP contribution in [0.5, 0.6) is 0 Å². The summed E-state index contributed by atoms with van der Waals surface area (Å²) in [4.78, 5) is 4.29. The van der Waals surface area contributed by atoms with Gasteiger partial charge in [0.25, 0.3) is 0 Å². The lowest BCUT2D eigenvalue weighted by Crippen LogP contribution is -2.36. The Morgan fingerprint density at radius 2 is 2.20 bits per heavy atom. The van der Waals surface area contributed by atoms with Crippen LogP contribution in [-0.2, 0) is 14.2 Å². The van der Waals surface area contributed by atoms with Gasteiger partial charge >= 0.3 is 0 Å². The Morgan fingerprint density at radius 1 is 1.45 bits per heavy atom. The zero-order valence-electron chi connectivity index (χ0n) is 12.6. The van der Waals surface area contributed by atoms with E-state index in [1.165, 1.54) is 12.8 Å². The number of hydrogen-bond donors (Lipinski definition) is 2. The Morgan fingerprint density at radius 3 is 2.90 bits per heavy atom. The SMILES string of the molecule is COCCNC(N)=NCC1COC2(CCC(C)CC2)O1. The van der Waals surface area contributed by atoms with Gasteiger partial charge in [0.15, 0.2) is 11.7 Å². The first kappa shape index (κ1) is 15.5. The summed E-state index contributed by atoms with van der Waals surface area (Å²) in [5, 5.41) is 2.99. The Hall–Kier alpha value is -0.850. The standard InChI is InChI=1S/C14H27N3O3/c1-11-3-5-14(6-4-11)19-10-12(20-14)9-17-13(15)16-7-8-18-2/h11-12H,3-10H2,1-2H3,(H3,15,16,17). The zero-order valence-corrected chi connectivity index (χ0v) is 12.6. The van der Waals surface area contributed by atoms with Crippen molar-refractivity contribution < 1.29 is 14.2 Å². The molecule has 0 aromatic carbocycles. The number of guanidine groups is 1. The average Bonchev–Trinajstić information content (AvgIpc) is 2.84. The average molecular weight is 285 g/mol. The van der Waals surface area contributed by atoms with Gasteiger partial charge in [0.05, 0.1) is 19.8 Å². The fraction of sp³-hybridized carbons (Fsp3) is 0.929. The highest BCUT2D eigenvalue weighted by Crippen LogP contribution is 2.39. The van der Waals surface area contributed by atoms with Gasteiger partial charge < -0.3 is 25.3 Å². The molecule has 2 aliphatic rings. The molecule has 0 aromatic heterocycles. The lowest BCUT2D eigenvalue weighted by Gasteiger charge is -2.34. The third kappa shape index (κ3) is 4.33. The van der Waals surface area contributed by atoms with Crippen LogP contribution in [0.25, 0.3) is 0 Å². The van der Waals surface area contributed by atoms with Crippen molar-refractivity contribution in [1.82, 2.24) is 5.32 Å². The minimum Gasteiger partial charge on any atom is -0.383 e. The predicted octanol–water partition coefficient (Wildman–Crippen LogP) is 0.859. The molecule has 1 spiro atoms. The van der Waals surface area contributed by atoms with Gasteiger partial charge in [-0.15, -0.1) is 0 Å². The molecule has 1 atom stereocenters. The second-order valence-corrected chi connectivity index (χ2v) is 5.79. The molecule has 2 rings (SSSR count). The molecule has 116 valence electrons. The van der Waals surface area contributed by atoms with E-state index in [0.29, 0.717) is 32.3 Å². The maximum absolute atomic E-state index is 6.08. The summed E-state index contributed by atoms with van der Waals surface area (Å²) >= 11 is 0. The molecule has 1 unspecified atom stereocenters. The summed E-state index contributed by atoms with van der Waals surface area (Å²) in [6.45, 7) is 4.72. The van der Waals surface area contributed by atoms with Gasteiger partial charge in [0, 0.05) is 26.5 Å². The van der Waals surface area contributed by atoms with Gasteiger partial charge in [-0.2, -0.15) is 0 Å². The van der Waals surface area contributed by atoms with Crippen LogP contribution < -0.4 is 11.1 Å². The molecule has 0 aromatic rings. The van der Waals surface area contributed by atoms with Gasteiger partial charge in [-0.1, -0.05) is 6.92 Å². The molecule has 1 saturated heterocycles. The molecule has 0 amide bonds. The number of nitrogens with one attached hydrogen (secondary N) is 1. The quantitative estimate of drug-likeness (QED) is 0.445. The van der Waals surface area contributed by atoms with Crippen LogP contribution in [0.3, 0.4) is 0 Å². The van der Waals surface area contributed by atoms with Crippen LogP contribution in [0.4, 0.5) is 0 Å². The van der Waals surface area contributed by atoms with Crippen molar-refractivity contribution >= 4 is 5.96 Å². The Bertz CT molecular complexity index is 328. The molecule has 6 nitrogen and oxygen atoms in total. The summed E-state index contributed by atoms with van der Waals surface area (Å²) in [5.74, 6) is 0.875. The first-order valence-corrected chi connectivity index (χ1v) is 7.48. The first-order chi connectivity index (χ1) is 9.63. The second-order valence-electron chi connectivity index (χ2n) is 5.79. The molecule has 0 bridgehead atoms. The molecule has 0 radical (unpaired) electrons. The van der Waals surface area contributed by atoms with E-state index >= 15 is 0 Å². The van der Waals surface area contributed by atoms with Gasteiger partial charge in [-0.3, -0.25) is 4.99 Å². The maximum Gasteiger partial charge on any atom is 0.188 e. The van der Waals surface area contributed by atoms with Crippen molar-refractivity contribution in [3.63, 3.8) is 0 Å². The Kier molecular flexibility index (Phi) is 5.63. The van der Waals surface area contributed by atoms with Crippen molar-refractivity contribution in [3.8, 4) is 0 Å². The number of nitrogens with zero attached hydrogens (tertiary/aromatic N) is 1. The number of hydrogen-bond acceptors (Lipinski definition) is 4. The monoisotopic (exact) mass is 285 g/mol. The summed E-state index contributed by atoms with van der Waals surface area (Å²) in [6, 6.07) is 0. The molecular formula is C14H27N3O3. The van der Waals surface area contributed by atoms with Gasteiger partial charge in [-0.25, -0.2) is 0 Å². The third-order valence-corrected chi connectivity index (χ3v) is 4.03. The zero-order chi connectivity index (χ0) is 14.4. The van der Waals surface area contributed by atoms with E-state index in [9.17, 15) is 0 Å². The molecular weight excluding hydrogens is 258 g/mol. The smallest absolute Gasteiger partial charge is 0.188 e. The van der Waals surface area contributed by atoms with E-state index in [-0.39, 0.29) is 11.9 Å². The lowest BCUT2D eigenvalue weighted by atomic mass is 9.86. The van der Waals surface area contributed by atoms with Crippen LogP contribution in [0.2, 0.25) is 0 Å². The third-order valence-electron chi connectivity index (χ3n) is 4.03. The maximum atomic E-state index is 6.08. The fourth-order valence-electron chi connectivity index (χ4n) is 2.71. The second kappa shape index (κ2) is 7.24. The van der Waals surface area contributed by atoms with Crippen molar-refractivity contribution in [3.05, 3.63) is 0 Å². The molecule has 3 N–H and O–H groups in total. The minimum absolute atomic E-state index is 0.0196. The van der Waals surface area contributed by atoms with Gasteiger partial charge in [0.2, 0.25) is 0 Å². The largest absolute Gasteiger partial charge is 0.383 e. The highest BCUT2D eigenvalue weighted by Gasteiger charge is 2.43. The number of ether oxygens (including phenoxy) is 3. The van der Waals surface area contributed by atoms with Gasteiger partial charge in [-0.05, 0) is 18.8 Å². The number of methoxy groups -OCH3 is 1. The molecule has 1 heterocycles. The summed E-state index contributed by atoms with van der Waals surface area (Å²) in [6.07, 6.45) is 4.37. The Balaban J connectivity index is 1.72. The van der Waals surface area contributed by atoms with Crippen LogP contribution in [-0.4, -0.2) is 51.3 Å². The van der Waals surface area contributed by atoms with E-state index in [4.69, 9.17) is 19.9 Å². The minimum atomic E-state index is -0.342. The van der Waals surface area contributed by atoms with Crippen LogP contribution in [0, 0.1) is 5.92 Å². The van der Waals surface area contributed by atoms with E-state index in [2.05, 4.69) is 17.2 Å². The summed E-state index contributed by atoms with van der Waals surface area (Å²) in [7, 11) is 1.66. The highest BCUT2D eigenvalue weighted by atomic mass is 16.7. The predicted molar refractivity (Wildman–Crippen MR) is 77.6 cm³/mol. The number of aliphatic imine (C=N–C) groups is 1. The molecule has 1 aliphatic carbocycles. The number of nitrogens with two attached hydrogens (primary N) is 1. The van der Waals surface area contributed by atoms with Crippen molar-refractivity contribution in [2.75, 3.05) is 33.4 Å². The number of rotatable bonds is 5. The topological polar surface area (TPSA) is 78.1 Å². The molecule has 2 fully saturated rings. The normalized spacial score (nSPS) is 34.6. The highest BCUT2D eigenvalue weighted by molar-refractivity contribution is 5.77. The van der Waals surface area contributed by atoms with E-state index in [1.54, 1.807) is 7.11 Å². The molecule has 20 heavy (non-hydrogen) atoms. The summed E-state index contributed by atoms with van der Waals surface area (Å²) in [5.41, 5.74) is 5.77. The van der Waals surface area contributed by atoms with E-state index in [0.717, 1.165) is 18.8 Å².